The number of likely N-dealkylation sites (tertiary alicyclic amines) is 1. The molecule has 5 rings (SSSR count). The van der Waals surface area contributed by atoms with Gasteiger partial charge in [-0.1, -0.05) is 71.7 Å². The largest absolute Gasteiger partial charge is 0.337 e. The minimum Gasteiger partial charge on any atom is -0.337 e. The number of benzene rings is 3. The predicted octanol–water partition coefficient (Wildman–Crippen LogP) is 6.17. The number of carbonyl (C=O) groups excluding carboxylic acids is 2. The number of rotatable bonds is 1. The Morgan fingerprint density at radius 2 is 1.62 bits per heavy atom. The van der Waals surface area contributed by atoms with Crippen LogP contribution in [0.1, 0.15) is 35.6 Å². The van der Waals surface area contributed by atoms with E-state index in [9.17, 15) is 9.59 Å². The van der Waals surface area contributed by atoms with Gasteiger partial charge < -0.3 is 10.2 Å². The molecule has 0 radical (unpaired) electrons. The second kappa shape index (κ2) is 8.97. The normalized spacial score (nSPS) is 21.6. The topological polar surface area (TPSA) is 49.4 Å². The van der Waals surface area contributed by atoms with Crippen LogP contribution in [0.4, 0.5) is 5.69 Å². The van der Waals surface area contributed by atoms with Gasteiger partial charge in [0.2, 0.25) is 11.8 Å². The lowest BCUT2D eigenvalue weighted by Crippen LogP contribution is -2.53. The van der Waals surface area contributed by atoms with Crippen LogP contribution in [0.3, 0.4) is 0 Å². The summed E-state index contributed by atoms with van der Waals surface area (Å²) in [6, 6.07) is 22.6. The third-order valence-corrected chi connectivity index (χ3v) is 6.80. The third kappa shape index (κ3) is 3.89. The molecule has 0 saturated carbocycles. The highest BCUT2D eigenvalue weighted by Gasteiger charge is 2.57. The highest BCUT2D eigenvalue weighted by molar-refractivity contribution is 6.31. The van der Waals surface area contributed by atoms with E-state index >= 15 is 0 Å². The number of likely N-dealkylation sites (N-methyl/N-ethyl adjacent to an activating group) is 1. The van der Waals surface area contributed by atoms with E-state index in [1.807, 2.05) is 73.7 Å². The van der Waals surface area contributed by atoms with E-state index in [2.05, 4.69) is 5.32 Å². The molecule has 3 aromatic rings. The quantitative estimate of drug-likeness (QED) is 0.465. The summed E-state index contributed by atoms with van der Waals surface area (Å²) in [6.45, 7) is 2.02. The number of anilines is 1. The fraction of sp³-hybridized carbons (Fsp3) is 0.231. The smallest absolute Gasteiger partial charge is 0.237 e. The second-order valence-electron chi connectivity index (χ2n) is 8.17. The summed E-state index contributed by atoms with van der Waals surface area (Å²) in [4.78, 5) is 27.4. The molecule has 2 heterocycles. The Bertz CT molecular complexity index is 1170. The number of piperidine rings is 1. The molecule has 32 heavy (non-hydrogen) atoms. The first kappa shape index (κ1) is 22.4. The lowest BCUT2D eigenvalue weighted by molar-refractivity contribution is -0.141. The van der Waals surface area contributed by atoms with Gasteiger partial charge in [-0.25, -0.2) is 0 Å². The van der Waals surface area contributed by atoms with Crippen molar-refractivity contribution in [1.82, 2.24) is 4.90 Å². The van der Waals surface area contributed by atoms with E-state index in [-0.39, 0.29) is 17.9 Å². The average Bonchev–Trinajstić information content (AvgIpc) is 3.04. The second-order valence-corrected chi connectivity index (χ2v) is 9.05. The van der Waals surface area contributed by atoms with Crippen molar-refractivity contribution in [2.45, 2.75) is 31.2 Å². The van der Waals surface area contributed by atoms with Crippen molar-refractivity contribution in [1.29, 1.82) is 0 Å². The van der Waals surface area contributed by atoms with Gasteiger partial charge >= 0.3 is 0 Å². The molecule has 0 aliphatic carbocycles. The SMILES string of the molecule is Cc1ccccc1[C@H]1N(C)C(=O)CC[C@]12C(=O)Nc1cc(Cl)ccc12.Clc1ccccc1. The molecular weight excluding hydrogens is 443 g/mol. The van der Waals surface area contributed by atoms with Crippen molar-refractivity contribution in [3.8, 4) is 0 Å². The Kier molecular flexibility index (Phi) is 6.27. The third-order valence-electron chi connectivity index (χ3n) is 6.31. The van der Waals surface area contributed by atoms with Crippen LogP contribution in [0.15, 0.2) is 72.8 Å². The minimum absolute atomic E-state index is 0.0580. The van der Waals surface area contributed by atoms with Crippen molar-refractivity contribution < 1.29 is 9.59 Å². The van der Waals surface area contributed by atoms with Crippen LogP contribution in [0.5, 0.6) is 0 Å². The number of nitrogens with zero attached hydrogens (tertiary/aromatic N) is 1. The van der Waals surface area contributed by atoms with Crippen LogP contribution in [0.2, 0.25) is 10.0 Å². The van der Waals surface area contributed by atoms with Gasteiger partial charge in [0.1, 0.15) is 5.41 Å². The molecule has 0 unspecified atom stereocenters. The highest BCUT2D eigenvalue weighted by Crippen LogP contribution is 2.54. The molecule has 0 aromatic heterocycles. The van der Waals surface area contributed by atoms with Crippen molar-refractivity contribution in [3.63, 3.8) is 0 Å². The van der Waals surface area contributed by atoms with Crippen LogP contribution in [-0.2, 0) is 15.0 Å². The van der Waals surface area contributed by atoms with E-state index in [0.29, 0.717) is 17.9 Å². The molecule has 2 aliphatic rings. The van der Waals surface area contributed by atoms with E-state index in [0.717, 1.165) is 27.4 Å². The maximum Gasteiger partial charge on any atom is 0.237 e. The number of hydrogen-bond donors (Lipinski definition) is 1. The Morgan fingerprint density at radius 1 is 0.938 bits per heavy atom. The van der Waals surface area contributed by atoms with E-state index in [4.69, 9.17) is 23.2 Å². The van der Waals surface area contributed by atoms with Crippen molar-refractivity contribution in [2.75, 3.05) is 12.4 Å². The van der Waals surface area contributed by atoms with Gasteiger partial charge in [0.25, 0.3) is 0 Å². The molecule has 1 saturated heterocycles. The van der Waals surface area contributed by atoms with Crippen molar-refractivity contribution in [2.24, 2.45) is 0 Å². The Balaban J connectivity index is 0.000000300. The monoisotopic (exact) mass is 466 g/mol. The molecule has 3 aromatic carbocycles. The summed E-state index contributed by atoms with van der Waals surface area (Å²) in [5.74, 6) is 0.00598. The van der Waals surface area contributed by atoms with Gasteiger partial charge in [0.05, 0.1) is 6.04 Å². The summed E-state index contributed by atoms with van der Waals surface area (Å²) in [7, 11) is 1.79. The summed E-state index contributed by atoms with van der Waals surface area (Å²) >= 11 is 11.7. The molecule has 164 valence electrons. The number of halogens is 2. The molecule has 1 N–H and O–H groups in total. The first-order chi connectivity index (χ1) is 15.3. The van der Waals surface area contributed by atoms with Crippen LogP contribution in [0.25, 0.3) is 0 Å². The zero-order valence-corrected chi connectivity index (χ0v) is 19.5. The Hall–Kier alpha value is -2.82. The number of amides is 2. The Labute approximate surface area is 198 Å². The maximum atomic E-state index is 13.2. The summed E-state index contributed by atoms with van der Waals surface area (Å²) in [5.41, 5.74) is 2.97. The average molecular weight is 467 g/mol. The number of nitrogens with one attached hydrogen (secondary N) is 1. The van der Waals surface area contributed by atoms with E-state index in [1.165, 1.54) is 0 Å². The first-order valence-electron chi connectivity index (χ1n) is 10.5. The lowest BCUT2D eigenvalue weighted by Gasteiger charge is -2.46. The summed E-state index contributed by atoms with van der Waals surface area (Å²) < 4.78 is 0. The van der Waals surface area contributed by atoms with Crippen LogP contribution >= 0.6 is 23.2 Å². The van der Waals surface area contributed by atoms with Gasteiger partial charge in [-0.05, 0) is 54.3 Å². The highest BCUT2D eigenvalue weighted by atomic mass is 35.5. The molecule has 2 aliphatic heterocycles. The molecule has 4 nitrogen and oxygen atoms in total. The van der Waals surface area contributed by atoms with E-state index < -0.39 is 5.41 Å². The van der Waals surface area contributed by atoms with Gasteiger partial charge in [-0.2, -0.15) is 0 Å². The molecular formula is C26H24Cl2N2O2. The fourth-order valence-electron chi connectivity index (χ4n) is 4.76. The van der Waals surface area contributed by atoms with Crippen LogP contribution in [-0.4, -0.2) is 23.8 Å². The molecule has 6 heteroatoms. The molecule has 2 amide bonds. The molecule has 0 bridgehead atoms. The minimum atomic E-state index is -0.783. The molecule has 1 fully saturated rings. The summed E-state index contributed by atoms with van der Waals surface area (Å²) in [6.07, 6.45) is 0.851. The van der Waals surface area contributed by atoms with Crippen LogP contribution in [0, 0.1) is 6.92 Å². The zero-order valence-electron chi connectivity index (χ0n) is 17.9. The Morgan fingerprint density at radius 3 is 2.28 bits per heavy atom. The van der Waals surface area contributed by atoms with Crippen molar-refractivity contribution >= 4 is 40.7 Å². The number of fused-ring (bicyclic) bond motifs is 2. The zero-order chi connectivity index (χ0) is 22.9. The lowest BCUT2D eigenvalue weighted by atomic mass is 9.66. The number of carbonyl (C=O) groups is 2. The van der Waals surface area contributed by atoms with Gasteiger partial charge in [0.15, 0.2) is 0 Å². The predicted molar refractivity (Wildman–Crippen MR) is 129 cm³/mol. The van der Waals surface area contributed by atoms with Gasteiger partial charge in [0, 0.05) is 29.2 Å². The first-order valence-corrected chi connectivity index (χ1v) is 11.2. The van der Waals surface area contributed by atoms with Gasteiger partial charge in [-0.3, -0.25) is 9.59 Å². The standard InChI is InChI=1S/C20H19ClN2O2.C6H5Cl/c1-12-5-3-4-6-14(12)18-20(10-9-17(24)23(18)2)15-8-7-13(21)11-16(15)22-19(20)25;7-6-4-2-1-3-5-6/h3-8,11,18H,9-10H2,1-2H3,(H,22,25);1-5H/t18-,20-;/m1./s1. The van der Waals surface area contributed by atoms with Crippen molar-refractivity contribution in [3.05, 3.63) is 99.5 Å². The summed E-state index contributed by atoms with van der Waals surface area (Å²) in [5, 5.41) is 4.37. The van der Waals surface area contributed by atoms with Gasteiger partial charge in [-0.15, -0.1) is 0 Å². The maximum absolute atomic E-state index is 13.2. The number of aryl methyl sites for hydroxylation is 1. The molecule has 1 spiro atoms. The number of hydrogen-bond acceptors (Lipinski definition) is 2. The van der Waals surface area contributed by atoms with Crippen LogP contribution < -0.4 is 5.32 Å². The fourth-order valence-corrected chi connectivity index (χ4v) is 5.08. The van der Waals surface area contributed by atoms with E-state index in [1.54, 1.807) is 18.0 Å². The molecule has 2 atom stereocenters.